The van der Waals surface area contributed by atoms with E-state index < -0.39 is 0 Å². The van der Waals surface area contributed by atoms with Crippen LogP contribution in [-0.4, -0.2) is 42.0 Å². The topological polar surface area (TPSA) is 73.4 Å². The molecule has 3 heterocycles. The summed E-state index contributed by atoms with van der Waals surface area (Å²) in [6.45, 7) is 6.14. The molecule has 4 rings (SSSR count). The number of benzene rings is 1. The van der Waals surface area contributed by atoms with Gasteiger partial charge in [0.15, 0.2) is 5.76 Å². The molecule has 1 aromatic carbocycles. The molecule has 31 heavy (non-hydrogen) atoms. The lowest BCUT2D eigenvalue weighted by atomic mass is 9.97. The van der Waals surface area contributed by atoms with E-state index in [0.29, 0.717) is 54.4 Å². The third-order valence-corrected chi connectivity index (χ3v) is 5.46. The number of anilines is 1. The Morgan fingerprint density at radius 3 is 2.55 bits per heavy atom. The van der Waals surface area contributed by atoms with Crippen molar-refractivity contribution in [3.63, 3.8) is 0 Å². The minimum absolute atomic E-state index is 0.139. The molecule has 0 aliphatic carbocycles. The fourth-order valence-corrected chi connectivity index (χ4v) is 3.75. The monoisotopic (exact) mass is 418 g/mol. The van der Waals surface area contributed by atoms with Crippen molar-refractivity contribution < 1.29 is 13.6 Å². The fraction of sp³-hybridized carbons (Fsp3) is 0.292. The van der Waals surface area contributed by atoms with Gasteiger partial charge in [0.1, 0.15) is 23.3 Å². The van der Waals surface area contributed by atoms with Crippen LogP contribution in [0.4, 0.5) is 10.2 Å². The van der Waals surface area contributed by atoms with E-state index in [-0.39, 0.29) is 17.6 Å². The van der Waals surface area contributed by atoms with Crippen LogP contribution in [0.5, 0.6) is 0 Å². The van der Waals surface area contributed by atoms with Gasteiger partial charge in [-0.2, -0.15) is 5.26 Å². The molecular formula is C24H23FN4O2. The molecule has 0 saturated carbocycles. The van der Waals surface area contributed by atoms with Crippen molar-refractivity contribution >= 4 is 11.7 Å². The number of piperazine rings is 1. The molecule has 7 heteroatoms. The number of hydrogen-bond donors (Lipinski definition) is 0. The van der Waals surface area contributed by atoms with E-state index in [1.165, 1.54) is 18.4 Å². The molecule has 0 spiro atoms. The van der Waals surface area contributed by atoms with Crippen LogP contribution in [0.2, 0.25) is 0 Å². The number of halogens is 1. The molecule has 1 aliphatic heterocycles. The fourth-order valence-electron chi connectivity index (χ4n) is 3.75. The average molecular weight is 418 g/mol. The molecule has 0 atom stereocenters. The van der Waals surface area contributed by atoms with E-state index in [9.17, 15) is 14.4 Å². The maximum atomic E-state index is 13.9. The van der Waals surface area contributed by atoms with Crippen LogP contribution in [-0.2, 0) is 0 Å². The summed E-state index contributed by atoms with van der Waals surface area (Å²) in [5.41, 5.74) is 2.57. The molecule has 1 saturated heterocycles. The van der Waals surface area contributed by atoms with Crippen LogP contribution < -0.4 is 4.90 Å². The summed E-state index contributed by atoms with van der Waals surface area (Å²) in [5.74, 6) is 0.545. The van der Waals surface area contributed by atoms with Crippen LogP contribution >= 0.6 is 0 Å². The standard InChI is InChI=1S/C24H23FN4O2/c1-16(2)21-14-19(17-5-3-6-18(25)13-17)20(15-26)23(27-21)28-8-10-29(11-9-28)24(30)22-7-4-12-31-22/h3-7,12-14,16H,8-11H2,1-2H3. The van der Waals surface area contributed by atoms with Gasteiger partial charge in [-0.15, -0.1) is 0 Å². The number of aromatic nitrogens is 1. The second-order valence-corrected chi connectivity index (χ2v) is 7.83. The van der Waals surface area contributed by atoms with E-state index in [0.717, 1.165) is 5.69 Å². The van der Waals surface area contributed by atoms with Gasteiger partial charge in [0, 0.05) is 37.4 Å². The van der Waals surface area contributed by atoms with Gasteiger partial charge in [-0.25, -0.2) is 9.37 Å². The van der Waals surface area contributed by atoms with Crippen molar-refractivity contribution in [1.82, 2.24) is 9.88 Å². The van der Waals surface area contributed by atoms with Crippen molar-refractivity contribution in [1.29, 1.82) is 5.26 Å². The number of rotatable bonds is 4. The average Bonchev–Trinajstić information content (AvgIpc) is 3.32. The Kier molecular flexibility index (Phi) is 5.72. The molecule has 1 fully saturated rings. The van der Waals surface area contributed by atoms with Crippen LogP contribution in [0.25, 0.3) is 11.1 Å². The second-order valence-electron chi connectivity index (χ2n) is 7.83. The number of carbonyl (C=O) groups excluding carboxylic acids is 1. The normalized spacial score (nSPS) is 14.0. The highest BCUT2D eigenvalue weighted by Gasteiger charge is 2.27. The maximum Gasteiger partial charge on any atom is 0.289 e. The van der Waals surface area contributed by atoms with Gasteiger partial charge < -0.3 is 14.2 Å². The van der Waals surface area contributed by atoms with E-state index in [1.54, 1.807) is 29.2 Å². The lowest BCUT2D eigenvalue weighted by Gasteiger charge is -2.36. The molecule has 1 aliphatic rings. The van der Waals surface area contributed by atoms with Crippen molar-refractivity contribution in [3.05, 3.63) is 71.6 Å². The van der Waals surface area contributed by atoms with E-state index in [2.05, 4.69) is 6.07 Å². The van der Waals surface area contributed by atoms with Crippen molar-refractivity contribution in [3.8, 4) is 17.2 Å². The van der Waals surface area contributed by atoms with Gasteiger partial charge in [0.25, 0.3) is 5.91 Å². The molecule has 2 aromatic heterocycles. The number of nitriles is 1. The molecule has 0 radical (unpaired) electrons. The summed E-state index contributed by atoms with van der Waals surface area (Å²) >= 11 is 0. The SMILES string of the molecule is CC(C)c1cc(-c2cccc(F)c2)c(C#N)c(N2CCN(C(=O)c3ccco3)CC2)n1. The first-order valence-corrected chi connectivity index (χ1v) is 10.3. The molecule has 6 nitrogen and oxygen atoms in total. The van der Waals surface area contributed by atoms with Gasteiger partial charge >= 0.3 is 0 Å². The minimum Gasteiger partial charge on any atom is -0.459 e. The summed E-state index contributed by atoms with van der Waals surface area (Å²) in [6, 6.07) is 13.8. The Morgan fingerprint density at radius 2 is 1.94 bits per heavy atom. The van der Waals surface area contributed by atoms with Gasteiger partial charge in [0.2, 0.25) is 0 Å². The zero-order valence-corrected chi connectivity index (χ0v) is 17.5. The summed E-state index contributed by atoms with van der Waals surface area (Å²) in [6.07, 6.45) is 1.48. The Morgan fingerprint density at radius 1 is 1.16 bits per heavy atom. The first-order valence-electron chi connectivity index (χ1n) is 10.3. The molecule has 0 N–H and O–H groups in total. The number of nitrogens with zero attached hydrogens (tertiary/aromatic N) is 4. The van der Waals surface area contributed by atoms with Crippen molar-refractivity contribution in [2.24, 2.45) is 0 Å². The van der Waals surface area contributed by atoms with E-state index >= 15 is 0 Å². The van der Waals surface area contributed by atoms with Crippen LogP contribution in [0, 0.1) is 17.1 Å². The zero-order chi connectivity index (χ0) is 22.0. The Hall–Kier alpha value is -3.66. The first-order chi connectivity index (χ1) is 15.0. The van der Waals surface area contributed by atoms with Crippen LogP contribution in [0.3, 0.4) is 0 Å². The third-order valence-electron chi connectivity index (χ3n) is 5.46. The second kappa shape index (κ2) is 8.60. The quantitative estimate of drug-likeness (QED) is 0.626. The number of amides is 1. The highest BCUT2D eigenvalue weighted by molar-refractivity contribution is 5.91. The molecule has 0 bridgehead atoms. The Balaban J connectivity index is 1.67. The van der Waals surface area contributed by atoms with Crippen molar-refractivity contribution in [2.75, 3.05) is 31.1 Å². The Labute approximate surface area is 180 Å². The number of hydrogen-bond acceptors (Lipinski definition) is 5. The third kappa shape index (κ3) is 4.15. The van der Waals surface area contributed by atoms with Crippen LogP contribution in [0.15, 0.2) is 53.1 Å². The first kappa shape index (κ1) is 20.6. The minimum atomic E-state index is -0.351. The highest BCUT2D eigenvalue weighted by atomic mass is 19.1. The summed E-state index contributed by atoms with van der Waals surface area (Å²) in [7, 11) is 0. The largest absolute Gasteiger partial charge is 0.459 e. The molecule has 0 unspecified atom stereocenters. The summed E-state index contributed by atoms with van der Waals surface area (Å²) in [5, 5.41) is 9.97. The Bertz CT molecular complexity index is 1130. The maximum absolute atomic E-state index is 13.9. The van der Waals surface area contributed by atoms with Crippen LogP contribution in [0.1, 0.15) is 41.6 Å². The molecule has 158 valence electrons. The molecule has 1 amide bonds. The number of furan rings is 1. The lowest BCUT2D eigenvalue weighted by Crippen LogP contribution is -2.49. The van der Waals surface area contributed by atoms with Gasteiger partial charge in [-0.1, -0.05) is 26.0 Å². The van der Waals surface area contributed by atoms with Crippen molar-refractivity contribution in [2.45, 2.75) is 19.8 Å². The highest BCUT2D eigenvalue weighted by Crippen LogP contribution is 2.33. The predicted molar refractivity (Wildman–Crippen MR) is 115 cm³/mol. The van der Waals surface area contributed by atoms with Gasteiger partial charge in [-0.3, -0.25) is 4.79 Å². The van der Waals surface area contributed by atoms with Gasteiger partial charge in [-0.05, 0) is 41.8 Å². The molecule has 3 aromatic rings. The number of pyridine rings is 1. The van der Waals surface area contributed by atoms with Gasteiger partial charge in [0.05, 0.1) is 6.26 Å². The zero-order valence-electron chi connectivity index (χ0n) is 17.5. The predicted octanol–water partition coefficient (Wildman–Crippen LogP) is 4.44. The lowest BCUT2D eigenvalue weighted by molar-refractivity contribution is 0.0714. The number of carbonyl (C=O) groups is 1. The summed E-state index contributed by atoms with van der Waals surface area (Å²) < 4.78 is 19.1. The summed E-state index contributed by atoms with van der Waals surface area (Å²) in [4.78, 5) is 21.1. The van der Waals surface area contributed by atoms with E-state index in [4.69, 9.17) is 9.40 Å². The molecular weight excluding hydrogens is 395 g/mol. The van der Waals surface area contributed by atoms with E-state index in [1.807, 2.05) is 24.8 Å². The smallest absolute Gasteiger partial charge is 0.289 e.